The number of hydrogen-bond acceptors (Lipinski definition) is 8. The van der Waals surface area contributed by atoms with E-state index in [0.717, 1.165) is 0 Å². The average Bonchev–Trinajstić information content (AvgIpc) is 2.70. The molecule has 0 radical (unpaired) electrons. The topological polar surface area (TPSA) is 128 Å². The second-order valence-electron chi connectivity index (χ2n) is 4.19. The van der Waals surface area contributed by atoms with Gasteiger partial charge in [0.1, 0.15) is 5.69 Å². The monoisotopic (exact) mass is 305 g/mol. The van der Waals surface area contributed by atoms with E-state index in [1.165, 1.54) is 11.8 Å². The second kappa shape index (κ2) is 5.96. The van der Waals surface area contributed by atoms with Gasteiger partial charge < -0.3 is 25.7 Å². The third-order valence-corrected chi connectivity index (χ3v) is 4.86. The highest BCUT2D eigenvalue weighted by Crippen LogP contribution is 2.32. The number of anilines is 3. The fraction of sp³-hybridized carbons (Fsp3) is 0.556. The molecular weight excluding hydrogens is 289 g/mol. The van der Waals surface area contributed by atoms with Crippen molar-refractivity contribution in [3.8, 4) is 0 Å². The normalized spacial score (nSPS) is 15.5. The molecule has 1 aromatic heterocycles. The van der Waals surface area contributed by atoms with Crippen LogP contribution in [0, 0.1) is 0 Å². The Kier molecular flexibility index (Phi) is 4.51. The van der Waals surface area contributed by atoms with E-state index in [1.54, 1.807) is 0 Å². The van der Waals surface area contributed by atoms with E-state index in [1.807, 2.05) is 11.8 Å². The Balaban J connectivity index is 2.04. The fourth-order valence-electron chi connectivity index (χ4n) is 1.82. The van der Waals surface area contributed by atoms with Gasteiger partial charge in [-0.25, -0.2) is 0 Å². The minimum absolute atomic E-state index is 0.0898. The molecule has 2 heterocycles. The Morgan fingerprint density at radius 1 is 1.63 bits per heavy atom. The zero-order chi connectivity index (χ0) is 14.0. The molecule has 0 saturated heterocycles. The van der Waals surface area contributed by atoms with Gasteiger partial charge in [0.15, 0.2) is 14.2 Å². The van der Waals surface area contributed by atoms with Crippen LogP contribution in [-0.4, -0.2) is 43.7 Å². The van der Waals surface area contributed by atoms with Gasteiger partial charge in [-0.2, -0.15) is 4.98 Å². The van der Waals surface area contributed by atoms with Crippen molar-refractivity contribution < 1.29 is 9.79 Å². The van der Waals surface area contributed by atoms with Crippen molar-refractivity contribution in [1.29, 1.82) is 0 Å². The first-order valence-electron chi connectivity index (χ1n) is 5.63. The lowest BCUT2D eigenvalue weighted by molar-refractivity contribution is 0.489. The molecule has 10 heteroatoms. The minimum Gasteiger partial charge on any atom is -0.369 e. The van der Waals surface area contributed by atoms with Crippen molar-refractivity contribution in [3.63, 3.8) is 0 Å². The van der Waals surface area contributed by atoms with Crippen LogP contribution in [0.3, 0.4) is 0 Å². The summed E-state index contributed by atoms with van der Waals surface area (Å²) in [6.45, 7) is 3.12. The number of aromatic amines is 1. The van der Waals surface area contributed by atoms with Gasteiger partial charge in [-0.3, -0.25) is 9.78 Å². The Bertz CT molecular complexity index is 511. The first kappa shape index (κ1) is 14.4. The van der Waals surface area contributed by atoms with Crippen LogP contribution in [0.15, 0.2) is 4.79 Å². The number of hydrogen-bond donors (Lipinski definition) is 5. The van der Waals surface area contributed by atoms with E-state index in [-0.39, 0.29) is 16.8 Å². The molecule has 1 aliphatic rings. The standard InChI is InChI=1S/C9H16N5O3PS/c1-5(19-4-18(16)17)2-14-3-11-6-7(14)12-9(10)13-8(6)15/h5,11,16-17H,2-4H2,1H3,(H3,10,12,13,15). The summed E-state index contributed by atoms with van der Waals surface area (Å²) in [6.07, 6.45) is 0. The number of nitrogens with one attached hydrogen (secondary N) is 2. The molecule has 1 aliphatic heterocycles. The highest BCUT2D eigenvalue weighted by atomic mass is 32.2. The zero-order valence-corrected chi connectivity index (χ0v) is 12.0. The highest BCUT2D eigenvalue weighted by Gasteiger charge is 2.25. The highest BCUT2D eigenvalue weighted by molar-refractivity contribution is 8.04. The molecule has 8 nitrogen and oxygen atoms in total. The number of thioether (sulfide) groups is 1. The van der Waals surface area contributed by atoms with E-state index >= 15 is 0 Å². The maximum absolute atomic E-state index is 11.6. The molecule has 0 aliphatic carbocycles. The first-order chi connectivity index (χ1) is 8.97. The summed E-state index contributed by atoms with van der Waals surface area (Å²) < 4.78 is 0. The van der Waals surface area contributed by atoms with Gasteiger partial charge in [0.05, 0.1) is 12.2 Å². The molecule has 1 aromatic rings. The van der Waals surface area contributed by atoms with Crippen LogP contribution in [0.1, 0.15) is 6.92 Å². The first-order valence-corrected chi connectivity index (χ1v) is 8.11. The summed E-state index contributed by atoms with van der Waals surface area (Å²) in [5.74, 6) is 0.635. The van der Waals surface area contributed by atoms with Crippen molar-refractivity contribution in [1.82, 2.24) is 9.97 Å². The quantitative estimate of drug-likeness (QED) is 0.478. The molecule has 0 spiro atoms. The summed E-state index contributed by atoms with van der Waals surface area (Å²) in [5, 5.41) is 3.16. The third-order valence-electron chi connectivity index (χ3n) is 2.62. The van der Waals surface area contributed by atoms with Gasteiger partial charge in [0.2, 0.25) is 5.95 Å². The van der Waals surface area contributed by atoms with E-state index in [2.05, 4.69) is 15.3 Å². The molecule has 2 rings (SSSR count). The fourth-order valence-corrected chi connectivity index (χ4v) is 3.66. The summed E-state index contributed by atoms with van der Waals surface area (Å²) >= 11 is 1.47. The smallest absolute Gasteiger partial charge is 0.277 e. The third kappa shape index (κ3) is 3.50. The molecule has 0 fully saturated rings. The van der Waals surface area contributed by atoms with Crippen molar-refractivity contribution in [2.75, 3.05) is 34.7 Å². The van der Waals surface area contributed by atoms with Gasteiger partial charge >= 0.3 is 0 Å². The largest absolute Gasteiger partial charge is 0.369 e. The van der Waals surface area contributed by atoms with Crippen molar-refractivity contribution in [2.24, 2.45) is 0 Å². The Morgan fingerprint density at radius 3 is 3.05 bits per heavy atom. The van der Waals surface area contributed by atoms with Crippen LogP contribution in [-0.2, 0) is 0 Å². The number of rotatable bonds is 5. The van der Waals surface area contributed by atoms with Crippen LogP contribution in [0.2, 0.25) is 0 Å². The molecule has 0 aromatic carbocycles. The van der Waals surface area contributed by atoms with E-state index < -0.39 is 8.38 Å². The van der Waals surface area contributed by atoms with Gasteiger partial charge in [-0.15, -0.1) is 11.8 Å². The molecule has 0 amide bonds. The van der Waals surface area contributed by atoms with Crippen LogP contribution in [0.4, 0.5) is 17.5 Å². The van der Waals surface area contributed by atoms with Crippen molar-refractivity contribution in [3.05, 3.63) is 10.4 Å². The Morgan fingerprint density at radius 2 is 2.37 bits per heavy atom. The van der Waals surface area contributed by atoms with Crippen LogP contribution >= 0.6 is 20.1 Å². The van der Waals surface area contributed by atoms with Crippen molar-refractivity contribution >= 4 is 37.6 Å². The van der Waals surface area contributed by atoms with E-state index in [9.17, 15) is 4.79 Å². The van der Waals surface area contributed by atoms with Gasteiger partial charge in [-0.05, 0) is 0 Å². The second-order valence-corrected chi connectivity index (χ2v) is 7.10. The number of aromatic nitrogens is 2. The average molecular weight is 305 g/mol. The minimum atomic E-state index is -1.88. The summed E-state index contributed by atoms with van der Waals surface area (Å²) in [6, 6.07) is 0. The lowest BCUT2D eigenvalue weighted by atomic mass is 10.4. The van der Waals surface area contributed by atoms with Gasteiger partial charge in [0.25, 0.3) is 5.56 Å². The van der Waals surface area contributed by atoms with Crippen LogP contribution in [0.25, 0.3) is 0 Å². The molecule has 19 heavy (non-hydrogen) atoms. The molecular formula is C9H16N5O3PS. The van der Waals surface area contributed by atoms with Gasteiger partial charge in [-0.1, -0.05) is 6.92 Å². The summed E-state index contributed by atoms with van der Waals surface area (Å²) in [4.78, 5) is 37.9. The van der Waals surface area contributed by atoms with Gasteiger partial charge in [0, 0.05) is 11.8 Å². The van der Waals surface area contributed by atoms with E-state index in [0.29, 0.717) is 30.2 Å². The number of fused-ring (bicyclic) bond motifs is 1. The lowest BCUT2D eigenvalue weighted by Crippen LogP contribution is -2.30. The molecule has 1 atom stereocenters. The van der Waals surface area contributed by atoms with Crippen LogP contribution in [0.5, 0.6) is 0 Å². The number of H-pyrrole nitrogens is 1. The van der Waals surface area contributed by atoms with Crippen molar-refractivity contribution in [2.45, 2.75) is 12.2 Å². The number of nitrogens with zero attached hydrogens (tertiary/aromatic N) is 2. The molecule has 1 unspecified atom stereocenters. The SMILES string of the molecule is CC(CN1CNc2c1nc(N)[nH]c2=O)SCP(O)O. The van der Waals surface area contributed by atoms with E-state index in [4.69, 9.17) is 15.5 Å². The van der Waals surface area contributed by atoms with Crippen LogP contribution < -0.4 is 21.5 Å². The number of nitrogens with two attached hydrogens (primary N) is 1. The molecule has 6 N–H and O–H groups in total. The zero-order valence-electron chi connectivity index (χ0n) is 10.3. The Hall–Kier alpha value is -1.02. The predicted molar refractivity (Wildman–Crippen MR) is 78.4 cm³/mol. The molecule has 0 bridgehead atoms. The molecule has 0 saturated carbocycles. The predicted octanol–water partition coefficient (Wildman–Crippen LogP) is -0.0828. The Labute approximate surface area is 115 Å². The maximum atomic E-state index is 11.6. The number of nitrogen functional groups attached to an aromatic ring is 1. The summed E-state index contributed by atoms with van der Waals surface area (Å²) in [7, 11) is -1.88. The maximum Gasteiger partial charge on any atom is 0.277 e. The summed E-state index contributed by atoms with van der Waals surface area (Å²) in [5.41, 5.74) is 6.00. The lowest BCUT2D eigenvalue weighted by Gasteiger charge is -2.21. The molecule has 106 valence electrons.